The van der Waals surface area contributed by atoms with Gasteiger partial charge in [0.25, 0.3) is 0 Å². The molecule has 26 heavy (non-hydrogen) atoms. The Hall–Kier alpha value is -1.42. The zero-order valence-corrected chi connectivity index (χ0v) is 16.4. The molecule has 0 radical (unpaired) electrons. The van der Waals surface area contributed by atoms with Gasteiger partial charge in [-0.25, -0.2) is 4.79 Å². The normalized spacial score (nSPS) is 23.1. The Morgan fingerprint density at radius 1 is 1.31 bits per heavy atom. The first-order valence-corrected chi connectivity index (χ1v) is 10.2. The molecule has 1 saturated carbocycles. The van der Waals surface area contributed by atoms with Crippen LogP contribution in [0.25, 0.3) is 0 Å². The molecule has 4 unspecified atom stereocenters. The summed E-state index contributed by atoms with van der Waals surface area (Å²) in [5.41, 5.74) is 0. The number of carboxylic acid groups (broad SMARTS) is 1. The van der Waals surface area contributed by atoms with Crippen LogP contribution in [-0.4, -0.2) is 28.1 Å². The quantitative estimate of drug-likeness (QED) is 0.276. The average molecular weight is 365 g/mol. The summed E-state index contributed by atoms with van der Waals surface area (Å²) in [5.74, 6) is 0.266. The number of Topliss-reactive ketones (excluding diaryl/α,β-unsaturated/α-hetero) is 1. The fourth-order valence-corrected chi connectivity index (χ4v) is 3.78. The SMILES string of the molecule is CCCCC(C)CC(O)C=CC1CCC(=O)C1CCCCC=CC(=O)O. The minimum atomic E-state index is -0.913. The van der Waals surface area contributed by atoms with Crippen LogP contribution in [0.5, 0.6) is 0 Å². The summed E-state index contributed by atoms with van der Waals surface area (Å²) in [4.78, 5) is 22.6. The Morgan fingerprint density at radius 3 is 2.77 bits per heavy atom. The van der Waals surface area contributed by atoms with Crippen molar-refractivity contribution in [3.05, 3.63) is 24.3 Å². The van der Waals surface area contributed by atoms with Crippen molar-refractivity contribution in [3.63, 3.8) is 0 Å². The molecule has 2 N–H and O–H groups in total. The van der Waals surface area contributed by atoms with Crippen molar-refractivity contribution in [3.8, 4) is 0 Å². The number of unbranched alkanes of at least 4 members (excludes halogenated alkanes) is 3. The van der Waals surface area contributed by atoms with Crippen LogP contribution in [0.3, 0.4) is 0 Å². The lowest BCUT2D eigenvalue weighted by atomic mass is 9.89. The highest BCUT2D eigenvalue weighted by Gasteiger charge is 2.32. The minimum Gasteiger partial charge on any atom is -0.478 e. The number of carboxylic acids is 1. The van der Waals surface area contributed by atoms with Gasteiger partial charge in [-0.2, -0.15) is 0 Å². The number of aliphatic hydroxyl groups excluding tert-OH is 1. The largest absolute Gasteiger partial charge is 0.478 e. The first-order chi connectivity index (χ1) is 12.4. The molecule has 148 valence electrons. The number of hydrogen-bond acceptors (Lipinski definition) is 3. The number of carbonyl (C=O) groups is 2. The third kappa shape index (κ3) is 9.33. The molecule has 1 aliphatic carbocycles. The van der Waals surface area contributed by atoms with Gasteiger partial charge in [-0.15, -0.1) is 0 Å². The first-order valence-electron chi connectivity index (χ1n) is 10.2. The van der Waals surface area contributed by atoms with Crippen LogP contribution in [-0.2, 0) is 9.59 Å². The molecule has 1 fully saturated rings. The van der Waals surface area contributed by atoms with Gasteiger partial charge in [-0.1, -0.05) is 57.8 Å². The molecule has 0 amide bonds. The maximum Gasteiger partial charge on any atom is 0.327 e. The summed E-state index contributed by atoms with van der Waals surface area (Å²) in [7, 11) is 0. The van der Waals surface area contributed by atoms with Crippen molar-refractivity contribution >= 4 is 11.8 Å². The Kier molecular flexibility index (Phi) is 11.2. The highest BCUT2D eigenvalue weighted by atomic mass is 16.4. The number of aliphatic hydroxyl groups is 1. The van der Waals surface area contributed by atoms with E-state index in [1.165, 1.54) is 18.9 Å². The molecule has 1 aliphatic rings. The van der Waals surface area contributed by atoms with Crippen LogP contribution >= 0.6 is 0 Å². The molecule has 0 aromatic heterocycles. The van der Waals surface area contributed by atoms with Gasteiger partial charge < -0.3 is 10.2 Å². The first kappa shape index (κ1) is 22.6. The van der Waals surface area contributed by atoms with E-state index >= 15 is 0 Å². The van der Waals surface area contributed by atoms with Gasteiger partial charge in [0.2, 0.25) is 0 Å². The van der Waals surface area contributed by atoms with Gasteiger partial charge in [0.15, 0.2) is 0 Å². The van der Waals surface area contributed by atoms with Crippen LogP contribution in [0.2, 0.25) is 0 Å². The van der Waals surface area contributed by atoms with Crippen molar-refractivity contribution in [2.45, 2.75) is 84.2 Å². The molecule has 0 aromatic carbocycles. The molecule has 0 saturated heterocycles. The average Bonchev–Trinajstić information content (AvgIpc) is 2.94. The van der Waals surface area contributed by atoms with Gasteiger partial charge in [-0.05, 0) is 43.9 Å². The number of carbonyl (C=O) groups excluding carboxylic acids is 1. The molecule has 0 aliphatic heterocycles. The van der Waals surface area contributed by atoms with E-state index in [-0.39, 0.29) is 11.8 Å². The molecule has 0 bridgehead atoms. The maximum absolute atomic E-state index is 12.1. The van der Waals surface area contributed by atoms with Crippen LogP contribution < -0.4 is 0 Å². The summed E-state index contributed by atoms with van der Waals surface area (Å²) in [6.45, 7) is 4.37. The van der Waals surface area contributed by atoms with E-state index in [0.29, 0.717) is 18.1 Å². The molecule has 0 spiro atoms. The van der Waals surface area contributed by atoms with E-state index in [9.17, 15) is 14.7 Å². The van der Waals surface area contributed by atoms with E-state index in [0.717, 1.165) is 44.9 Å². The molecule has 4 heteroatoms. The Labute approximate surface area is 158 Å². The van der Waals surface area contributed by atoms with E-state index in [4.69, 9.17) is 5.11 Å². The summed E-state index contributed by atoms with van der Waals surface area (Å²) < 4.78 is 0. The monoisotopic (exact) mass is 364 g/mol. The number of allylic oxidation sites excluding steroid dienone is 2. The topological polar surface area (TPSA) is 74.6 Å². The zero-order valence-electron chi connectivity index (χ0n) is 16.4. The summed E-state index contributed by atoms with van der Waals surface area (Å²) >= 11 is 0. The van der Waals surface area contributed by atoms with Gasteiger partial charge in [-0.3, -0.25) is 4.79 Å². The van der Waals surface area contributed by atoms with Crippen molar-refractivity contribution in [2.75, 3.05) is 0 Å². The Morgan fingerprint density at radius 2 is 2.08 bits per heavy atom. The van der Waals surface area contributed by atoms with E-state index in [1.54, 1.807) is 6.08 Å². The molecular weight excluding hydrogens is 328 g/mol. The van der Waals surface area contributed by atoms with Crippen LogP contribution in [0.4, 0.5) is 0 Å². The van der Waals surface area contributed by atoms with Gasteiger partial charge in [0, 0.05) is 18.4 Å². The molecule has 0 aromatic rings. The third-order valence-electron chi connectivity index (χ3n) is 5.33. The Bertz CT molecular complexity index is 481. The molecular formula is C22H36O4. The van der Waals surface area contributed by atoms with Crippen molar-refractivity contribution in [1.29, 1.82) is 0 Å². The smallest absolute Gasteiger partial charge is 0.327 e. The summed E-state index contributed by atoms with van der Waals surface area (Å²) in [6, 6.07) is 0. The third-order valence-corrected chi connectivity index (χ3v) is 5.33. The predicted octanol–water partition coefficient (Wildman–Crippen LogP) is 4.92. The standard InChI is InChI=1S/C22H36O4/c1-3-4-9-17(2)16-19(23)14-12-18-13-15-21(24)20(18)10-7-5-6-8-11-22(25)26/h8,11-12,14,17-20,23H,3-7,9-10,13,15-16H2,1-2H3,(H,25,26). The summed E-state index contributed by atoms with van der Waals surface area (Å²) in [5, 5.41) is 18.8. The molecule has 4 atom stereocenters. The second kappa shape index (κ2) is 12.9. The molecule has 1 rings (SSSR count). The molecule has 0 heterocycles. The van der Waals surface area contributed by atoms with Crippen molar-refractivity contribution < 1.29 is 19.8 Å². The summed E-state index contributed by atoms with van der Waals surface area (Å²) in [6.07, 6.45) is 15.7. The number of ketones is 1. The Balaban J connectivity index is 2.37. The number of rotatable bonds is 13. The number of aliphatic carboxylic acids is 1. The minimum absolute atomic E-state index is 0.0689. The predicted molar refractivity (Wildman–Crippen MR) is 105 cm³/mol. The van der Waals surface area contributed by atoms with E-state index in [1.807, 2.05) is 6.08 Å². The second-order valence-corrected chi connectivity index (χ2v) is 7.74. The number of hydrogen-bond donors (Lipinski definition) is 2. The highest BCUT2D eigenvalue weighted by molar-refractivity contribution is 5.83. The lowest BCUT2D eigenvalue weighted by Crippen LogP contribution is -2.14. The van der Waals surface area contributed by atoms with Crippen molar-refractivity contribution in [1.82, 2.24) is 0 Å². The second-order valence-electron chi connectivity index (χ2n) is 7.74. The zero-order chi connectivity index (χ0) is 19.4. The lowest BCUT2D eigenvalue weighted by molar-refractivity contribution is -0.131. The van der Waals surface area contributed by atoms with Crippen LogP contribution in [0.15, 0.2) is 24.3 Å². The lowest BCUT2D eigenvalue weighted by Gasteiger charge is -2.17. The van der Waals surface area contributed by atoms with E-state index < -0.39 is 12.1 Å². The maximum atomic E-state index is 12.1. The van der Waals surface area contributed by atoms with Gasteiger partial charge in [0.1, 0.15) is 5.78 Å². The van der Waals surface area contributed by atoms with Crippen LogP contribution in [0, 0.1) is 17.8 Å². The van der Waals surface area contributed by atoms with Crippen LogP contribution in [0.1, 0.15) is 78.1 Å². The van der Waals surface area contributed by atoms with Crippen molar-refractivity contribution in [2.24, 2.45) is 17.8 Å². The van der Waals surface area contributed by atoms with Gasteiger partial charge in [0.05, 0.1) is 6.10 Å². The van der Waals surface area contributed by atoms with E-state index in [2.05, 4.69) is 19.9 Å². The molecule has 4 nitrogen and oxygen atoms in total. The highest BCUT2D eigenvalue weighted by Crippen LogP contribution is 2.34. The fraction of sp³-hybridized carbons (Fsp3) is 0.727. The van der Waals surface area contributed by atoms with Gasteiger partial charge >= 0.3 is 5.97 Å². The fourth-order valence-electron chi connectivity index (χ4n) is 3.78.